The summed E-state index contributed by atoms with van der Waals surface area (Å²) in [5, 5.41) is 3.42. The van der Waals surface area contributed by atoms with Gasteiger partial charge in [0.2, 0.25) is 0 Å². The zero-order chi connectivity index (χ0) is 24.2. The summed E-state index contributed by atoms with van der Waals surface area (Å²) in [6, 6.07) is 29.7. The van der Waals surface area contributed by atoms with Gasteiger partial charge in [-0.15, -0.1) is 0 Å². The molecular weight excluding hydrogens is 438 g/mol. The van der Waals surface area contributed by atoms with Crippen LogP contribution >= 0.6 is 0 Å². The lowest BCUT2D eigenvalue weighted by atomic mass is 9.99. The SMILES string of the molecule is C1=CCNC(c2ccc(-c3cccc(-c4nc(C5=CCCC=C5)cc(-c5ccccc5)n4)c3)cc2)=C1. The van der Waals surface area contributed by atoms with Gasteiger partial charge in [0.15, 0.2) is 5.82 Å². The van der Waals surface area contributed by atoms with E-state index >= 15 is 0 Å². The minimum atomic E-state index is 0.744. The molecule has 1 aliphatic heterocycles. The van der Waals surface area contributed by atoms with Crippen molar-refractivity contribution in [2.45, 2.75) is 12.8 Å². The van der Waals surface area contributed by atoms with Gasteiger partial charge in [-0.2, -0.15) is 0 Å². The Kier molecular flexibility index (Phi) is 6.11. The predicted octanol–water partition coefficient (Wildman–Crippen LogP) is 7.71. The van der Waals surface area contributed by atoms with E-state index in [0.717, 1.165) is 64.6 Å². The van der Waals surface area contributed by atoms with Crippen molar-refractivity contribution in [1.29, 1.82) is 0 Å². The second kappa shape index (κ2) is 10.0. The average Bonchev–Trinajstić information content (AvgIpc) is 2.98. The fourth-order valence-electron chi connectivity index (χ4n) is 4.62. The van der Waals surface area contributed by atoms with E-state index < -0.39 is 0 Å². The molecule has 0 unspecified atom stereocenters. The Morgan fingerprint density at radius 3 is 2.17 bits per heavy atom. The van der Waals surface area contributed by atoms with Crippen LogP contribution in [0.25, 0.3) is 45.0 Å². The maximum atomic E-state index is 5.01. The summed E-state index contributed by atoms with van der Waals surface area (Å²) in [5.74, 6) is 0.744. The first-order valence-corrected chi connectivity index (χ1v) is 12.5. The molecule has 0 radical (unpaired) electrons. The molecule has 3 nitrogen and oxygen atoms in total. The van der Waals surface area contributed by atoms with Gasteiger partial charge in [0, 0.05) is 23.4 Å². The van der Waals surface area contributed by atoms with Crippen molar-refractivity contribution in [2.24, 2.45) is 0 Å². The molecule has 2 aliphatic rings. The number of hydrogen-bond acceptors (Lipinski definition) is 3. The second-order valence-corrected chi connectivity index (χ2v) is 9.01. The summed E-state index contributed by atoms with van der Waals surface area (Å²) < 4.78 is 0. The van der Waals surface area contributed by atoms with Crippen molar-refractivity contribution in [1.82, 2.24) is 15.3 Å². The van der Waals surface area contributed by atoms with Crippen LogP contribution in [0.15, 0.2) is 121 Å². The molecule has 3 aromatic carbocycles. The van der Waals surface area contributed by atoms with Gasteiger partial charge in [-0.3, -0.25) is 0 Å². The van der Waals surface area contributed by atoms with Gasteiger partial charge in [0.1, 0.15) is 0 Å². The van der Waals surface area contributed by atoms with Crippen molar-refractivity contribution in [3.05, 3.63) is 133 Å². The van der Waals surface area contributed by atoms with Crippen LogP contribution in [-0.4, -0.2) is 16.5 Å². The number of benzene rings is 3. The molecule has 3 heteroatoms. The van der Waals surface area contributed by atoms with Crippen LogP contribution in [0.3, 0.4) is 0 Å². The standard InChI is InChI=1S/C33H27N3/c1-3-10-25(11-4-1)31-23-32(26-12-5-2-6-13-26)36-33(35-31)29-15-9-14-28(22-29)24-17-19-27(20-18-24)30-16-7-8-21-34-30/h1,3-5,7-20,22-23,34H,2,6,21H2. The van der Waals surface area contributed by atoms with E-state index in [1.807, 2.05) is 6.07 Å². The molecule has 0 saturated carbocycles. The Morgan fingerprint density at radius 1 is 0.611 bits per heavy atom. The highest BCUT2D eigenvalue weighted by Gasteiger charge is 2.13. The Morgan fingerprint density at radius 2 is 1.39 bits per heavy atom. The van der Waals surface area contributed by atoms with Crippen LogP contribution in [0.2, 0.25) is 0 Å². The highest BCUT2D eigenvalue weighted by Crippen LogP contribution is 2.30. The largest absolute Gasteiger partial charge is 0.381 e. The predicted molar refractivity (Wildman–Crippen MR) is 150 cm³/mol. The number of aromatic nitrogens is 2. The number of allylic oxidation sites excluding steroid dienone is 6. The third kappa shape index (κ3) is 4.69. The Bertz CT molecular complexity index is 1510. The van der Waals surface area contributed by atoms with E-state index in [0.29, 0.717) is 0 Å². The zero-order valence-corrected chi connectivity index (χ0v) is 20.1. The summed E-state index contributed by atoms with van der Waals surface area (Å²) in [6.07, 6.45) is 15.1. The molecule has 0 bridgehead atoms. The molecule has 1 N–H and O–H groups in total. The molecule has 0 spiro atoms. The quantitative estimate of drug-likeness (QED) is 0.328. The first kappa shape index (κ1) is 22.0. The van der Waals surface area contributed by atoms with Crippen molar-refractivity contribution < 1.29 is 0 Å². The van der Waals surface area contributed by atoms with Gasteiger partial charge in [0.25, 0.3) is 0 Å². The average molecular weight is 466 g/mol. The summed E-state index contributed by atoms with van der Waals surface area (Å²) in [7, 11) is 0. The highest BCUT2D eigenvalue weighted by molar-refractivity contribution is 5.78. The summed E-state index contributed by atoms with van der Waals surface area (Å²) in [4.78, 5) is 10.0. The Balaban J connectivity index is 1.38. The van der Waals surface area contributed by atoms with Crippen molar-refractivity contribution >= 4 is 11.3 Å². The van der Waals surface area contributed by atoms with Crippen LogP contribution < -0.4 is 5.32 Å². The molecule has 1 aromatic heterocycles. The van der Waals surface area contributed by atoms with Crippen molar-refractivity contribution in [2.75, 3.05) is 6.54 Å². The lowest BCUT2D eigenvalue weighted by Gasteiger charge is -2.13. The molecular formula is C33H27N3. The number of hydrogen-bond donors (Lipinski definition) is 1. The maximum Gasteiger partial charge on any atom is 0.160 e. The fraction of sp³-hybridized carbons (Fsp3) is 0.0909. The van der Waals surface area contributed by atoms with Crippen LogP contribution in [0.1, 0.15) is 24.1 Å². The third-order valence-corrected chi connectivity index (χ3v) is 6.55. The van der Waals surface area contributed by atoms with Crippen LogP contribution in [-0.2, 0) is 0 Å². The zero-order valence-electron chi connectivity index (χ0n) is 20.1. The highest BCUT2D eigenvalue weighted by atomic mass is 14.9. The van der Waals surface area contributed by atoms with Gasteiger partial charge in [-0.05, 0) is 53.3 Å². The first-order valence-electron chi connectivity index (χ1n) is 12.5. The molecule has 0 atom stereocenters. The lowest BCUT2D eigenvalue weighted by molar-refractivity contribution is 0.996. The van der Waals surface area contributed by atoms with Crippen LogP contribution in [0, 0.1) is 0 Å². The van der Waals surface area contributed by atoms with E-state index in [4.69, 9.17) is 9.97 Å². The number of dihydropyridines is 1. The van der Waals surface area contributed by atoms with E-state index in [2.05, 4.69) is 121 Å². The molecule has 2 heterocycles. The molecule has 36 heavy (non-hydrogen) atoms. The van der Waals surface area contributed by atoms with Gasteiger partial charge in [-0.1, -0.05) is 103 Å². The number of rotatable bonds is 5. The second-order valence-electron chi connectivity index (χ2n) is 9.01. The smallest absolute Gasteiger partial charge is 0.160 e. The van der Waals surface area contributed by atoms with Gasteiger partial charge in [0.05, 0.1) is 11.4 Å². The van der Waals surface area contributed by atoms with E-state index in [1.54, 1.807) is 0 Å². The molecule has 0 saturated heterocycles. The lowest BCUT2D eigenvalue weighted by Crippen LogP contribution is -2.14. The van der Waals surface area contributed by atoms with Gasteiger partial charge >= 0.3 is 0 Å². The molecule has 0 amide bonds. The van der Waals surface area contributed by atoms with Crippen molar-refractivity contribution in [3.63, 3.8) is 0 Å². The number of nitrogens with zero attached hydrogens (tertiary/aromatic N) is 2. The minimum Gasteiger partial charge on any atom is -0.381 e. The molecule has 174 valence electrons. The topological polar surface area (TPSA) is 37.8 Å². The summed E-state index contributed by atoms with van der Waals surface area (Å²) in [6.45, 7) is 0.867. The summed E-state index contributed by atoms with van der Waals surface area (Å²) in [5.41, 5.74) is 9.84. The van der Waals surface area contributed by atoms with Gasteiger partial charge in [-0.25, -0.2) is 9.97 Å². The first-order chi connectivity index (χ1) is 17.8. The maximum absolute atomic E-state index is 5.01. The van der Waals surface area contributed by atoms with E-state index in [9.17, 15) is 0 Å². The molecule has 0 fully saturated rings. The third-order valence-electron chi connectivity index (χ3n) is 6.55. The Labute approximate surface area is 212 Å². The normalized spacial score (nSPS) is 14.7. The van der Waals surface area contributed by atoms with Crippen molar-refractivity contribution in [3.8, 4) is 33.8 Å². The van der Waals surface area contributed by atoms with E-state index in [-0.39, 0.29) is 0 Å². The van der Waals surface area contributed by atoms with Crippen LogP contribution in [0.4, 0.5) is 0 Å². The fourth-order valence-corrected chi connectivity index (χ4v) is 4.62. The molecule has 6 rings (SSSR count). The number of nitrogens with one attached hydrogen (secondary N) is 1. The van der Waals surface area contributed by atoms with Crippen LogP contribution in [0.5, 0.6) is 0 Å². The summed E-state index contributed by atoms with van der Waals surface area (Å²) >= 11 is 0. The minimum absolute atomic E-state index is 0.744. The Hall–Kier alpha value is -4.50. The monoisotopic (exact) mass is 465 g/mol. The molecule has 4 aromatic rings. The molecule has 1 aliphatic carbocycles. The van der Waals surface area contributed by atoms with Gasteiger partial charge < -0.3 is 5.32 Å². The van der Waals surface area contributed by atoms with E-state index in [1.165, 1.54) is 11.1 Å².